The topological polar surface area (TPSA) is 92.3 Å². The molecule has 0 saturated carbocycles. The van der Waals surface area contributed by atoms with E-state index in [2.05, 4.69) is 5.32 Å². The molecule has 0 atom stereocenters. The van der Waals surface area contributed by atoms with Crippen LogP contribution in [0.25, 0.3) is 6.08 Å². The van der Waals surface area contributed by atoms with Crippen molar-refractivity contribution in [3.8, 4) is 23.0 Å². The molecule has 1 aliphatic rings. The second-order valence-corrected chi connectivity index (χ2v) is 5.67. The molecule has 0 aromatic heterocycles. The maximum atomic E-state index is 12.0. The Morgan fingerprint density at radius 1 is 1.04 bits per heavy atom. The van der Waals surface area contributed by atoms with Gasteiger partial charge in [0.25, 0.3) is 5.91 Å². The van der Waals surface area contributed by atoms with Gasteiger partial charge in [-0.3, -0.25) is 4.79 Å². The van der Waals surface area contributed by atoms with Gasteiger partial charge in [0, 0.05) is 17.8 Å². The summed E-state index contributed by atoms with van der Waals surface area (Å²) in [5.74, 6) is 1.18. The molecule has 2 aromatic rings. The number of ether oxygens (including phenoxy) is 5. The molecule has 0 bridgehead atoms. The summed E-state index contributed by atoms with van der Waals surface area (Å²) in [6.45, 7) is -0.238. The summed E-state index contributed by atoms with van der Waals surface area (Å²) >= 11 is 0. The molecule has 1 heterocycles. The highest BCUT2D eigenvalue weighted by molar-refractivity contribution is 5.94. The minimum atomic E-state index is -0.639. The van der Waals surface area contributed by atoms with Gasteiger partial charge in [-0.05, 0) is 35.9 Å². The number of esters is 1. The van der Waals surface area contributed by atoms with Gasteiger partial charge >= 0.3 is 5.97 Å². The zero-order valence-corrected chi connectivity index (χ0v) is 15.4. The zero-order chi connectivity index (χ0) is 19.9. The highest BCUT2D eigenvalue weighted by Crippen LogP contribution is 2.33. The van der Waals surface area contributed by atoms with E-state index in [9.17, 15) is 9.59 Å². The summed E-state index contributed by atoms with van der Waals surface area (Å²) in [6.07, 6.45) is 2.80. The van der Waals surface area contributed by atoms with E-state index in [-0.39, 0.29) is 6.79 Å². The molecule has 1 aliphatic heterocycles. The van der Waals surface area contributed by atoms with E-state index in [4.69, 9.17) is 23.7 Å². The van der Waals surface area contributed by atoms with Crippen molar-refractivity contribution in [2.45, 2.75) is 0 Å². The summed E-state index contributed by atoms with van der Waals surface area (Å²) in [7, 11) is 3.02. The number of rotatable bonds is 7. The minimum absolute atomic E-state index is 0.180. The third-order valence-corrected chi connectivity index (χ3v) is 3.82. The number of benzene rings is 2. The molecular formula is C20H19NO7. The SMILES string of the molecule is COc1ccc(NC(=O)COC(=O)/C=C/c2ccc3c(c2)OCO3)cc1OC. The highest BCUT2D eigenvalue weighted by atomic mass is 16.7. The van der Waals surface area contributed by atoms with Crippen molar-refractivity contribution in [2.75, 3.05) is 32.9 Å². The van der Waals surface area contributed by atoms with Crippen LogP contribution in [0.3, 0.4) is 0 Å². The van der Waals surface area contributed by atoms with Gasteiger partial charge in [0.15, 0.2) is 29.6 Å². The van der Waals surface area contributed by atoms with E-state index in [1.165, 1.54) is 20.3 Å². The molecule has 146 valence electrons. The Morgan fingerprint density at radius 3 is 2.61 bits per heavy atom. The summed E-state index contributed by atoms with van der Waals surface area (Å²) in [6, 6.07) is 10.2. The van der Waals surface area contributed by atoms with Crippen molar-refractivity contribution >= 4 is 23.6 Å². The van der Waals surface area contributed by atoms with Crippen LogP contribution in [0.5, 0.6) is 23.0 Å². The van der Waals surface area contributed by atoms with Gasteiger partial charge in [-0.2, -0.15) is 0 Å². The Labute approximate surface area is 161 Å². The molecule has 8 heteroatoms. The third-order valence-electron chi connectivity index (χ3n) is 3.82. The monoisotopic (exact) mass is 385 g/mol. The fraction of sp³-hybridized carbons (Fsp3) is 0.200. The molecule has 2 aromatic carbocycles. The van der Waals surface area contributed by atoms with Crippen LogP contribution >= 0.6 is 0 Å². The van der Waals surface area contributed by atoms with Gasteiger partial charge in [-0.15, -0.1) is 0 Å². The van der Waals surface area contributed by atoms with E-state index < -0.39 is 18.5 Å². The summed E-state index contributed by atoms with van der Waals surface area (Å²) in [4.78, 5) is 23.8. The number of methoxy groups -OCH3 is 2. The predicted molar refractivity (Wildman–Crippen MR) is 101 cm³/mol. The number of nitrogens with one attached hydrogen (secondary N) is 1. The van der Waals surface area contributed by atoms with Gasteiger partial charge in [-0.25, -0.2) is 4.79 Å². The maximum absolute atomic E-state index is 12.0. The molecule has 0 spiro atoms. The molecule has 1 N–H and O–H groups in total. The van der Waals surface area contributed by atoms with Crippen molar-refractivity contribution in [2.24, 2.45) is 0 Å². The fourth-order valence-corrected chi connectivity index (χ4v) is 2.48. The lowest BCUT2D eigenvalue weighted by Gasteiger charge is -2.10. The Balaban J connectivity index is 1.49. The lowest BCUT2D eigenvalue weighted by atomic mass is 10.2. The Morgan fingerprint density at radius 2 is 1.82 bits per heavy atom. The molecule has 0 radical (unpaired) electrons. The van der Waals surface area contributed by atoms with E-state index in [0.29, 0.717) is 28.7 Å². The maximum Gasteiger partial charge on any atom is 0.331 e. The smallest absolute Gasteiger partial charge is 0.331 e. The number of carbonyl (C=O) groups excluding carboxylic acids is 2. The number of amides is 1. The minimum Gasteiger partial charge on any atom is -0.493 e. The van der Waals surface area contributed by atoms with E-state index in [1.54, 1.807) is 42.5 Å². The van der Waals surface area contributed by atoms with Crippen molar-refractivity contribution in [3.05, 3.63) is 48.0 Å². The molecule has 0 unspecified atom stereocenters. The molecule has 0 aliphatic carbocycles. The highest BCUT2D eigenvalue weighted by Gasteiger charge is 2.13. The number of fused-ring (bicyclic) bond motifs is 1. The van der Waals surface area contributed by atoms with Gasteiger partial charge in [0.05, 0.1) is 14.2 Å². The van der Waals surface area contributed by atoms with Crippen molar-refractivity contribution in [1.82, 2.24) is 0 Å². The summed E-state index contributed by atoms with van der Waals surface area (Å²) in [5, 5.41) is 2.62. The van der Waals surface area contributed by atoms with E-state index in [0.717, 1.165) is 5.56 Å². The molecule has 1 amide bonds. The van der Waals surface area contributed by atoms with Crippen LogP contribution in [0.15, 0.2) is 42.5 Å². The normalized spacial score (nSPS) is 11.9. The second-order valence-electron chi connectivity index (χ2n) is 5.67. The summed E-state index contributed by atoms with van der Waals surface area (Å²) < 4.78 is 25.7. The van der Waals surface area contributed by atoms with Crippen LogP contribution in [0.1, 0.15) is 5.56 Å². The quantitative estimate of drug-likeness (QED) is 0.579. The zero-order valence-electron chi connectivity index (χ0n) is 15.4. The van der Waals surface area contributed by atoms with Crippen molar-refractivity contribution in [3.63, 3.8) is 0 Å². The Hall–Kier alpha value is -3.68. The Kier molecular flexibility index (Phi) is 6.01. The second kappa shape index (κ2) is 8.81. The first-order valence-electron chi connectivity index (χ1n) is 8.35. The first kappa shape index (κ1) is 19.1. The van der Waals surface area contributed by atoms with Gasteiger partial charge < -0.3 is 29.0 Å². The van der Waals surface area contributed by atoms with E-state index >= 15 is 0 Å². The molecular weight excluding hydrogens is 366 g/mol. The average Bonchev–Trinajstić information content (AvgIpc) is 3.18. The van der Waals surface area contributed by atoms with Gasteiger partial charge in [-0.1, -0.05) is 6.07 Å². The standard InChI is InChI=1S/C20H19NO7/c1-24-15-7-5-14(10-17(15)25-2)21-19(22)11-26-20(23)8-4-13-3-6-16-18(9-13)28-12-27-16/h3-10H,11-12H2,1-2H3,(H,21,22)/b8-4+. The number of carbonyl (C=O) groups is 2. The first-order chi connectivity index (χ1) is 13.6. The average molecular weight is 385 g/mol. The van der Waals surface area contributed by atoms with Crippen LogP contribution < -0.4 is 24.3 Å². The van der Waals surface area contributed by atoms with Crippen molar-refractivity contribution < 1.29 is 33.3 Å². The number of anilines is 1. The number of hydrogen-bond acceptors (Lipinski definition) is 7. The van der Waals surface area contributed by atoms with Crippen LogP contribution in [0.4, 0.5) is 5.69 Å². The van der Waals surface area contributed by atoms with E-state index in [1.807, 2.05) is 0 Å². The van der Waals surface area contributed by atoms with Crippen LogP contribution in [-0.4, -0.2) is 39.5 Å². The lowest BCUT2D eigenvalue weighted by molar-refractivity contribution is -0.142. The third kappa shape index (κ3) is 4.73. The predicted octanol–water partition coefficient (Wildman–Crippen LogP) is 2.63. The van der Waals surface area contributed by atoms with Crippen LogP contribution in [0, 0.1) is 0 Å². The number of hydrogen-bond donors (Lipinski definition) is 1. The van der Waals surface area contributed by atoms with Crippen molar-refractivity contribution in [1.29, 1.82) is 0 Å². The molecule has 28 heavy (non-hydrogen) atoms. The molecule has 0 saturated heterocycles. The van der Waals surface area contributed by atoms with Crippen LogP contribution in [-0.2, 0) is 14.3 Å². The van der Waals surface area contributed by atoms with Gasteiger partial charge in [0.2, 0.25) is 6.79 Å². The molecule has 0 fully saturated rings. The fourth-order valence-electron chi connectivity index (χ4n) is 2.48. The van der Waals surface area contributed by atoms with Crippen LogP contribution in [0.2, 0.25) is 0 Å². The van der Waals surface area contributed by atoms with Gasteiger partial charge in [0.1, 0.15) is 0 Å². The molecule has 8 nitrogen and oxygen atoms in total. The lowest BCUT2D eigenvalue weighted by Crippen LogP contribution is -2.20. The first-order valence-corrected chi connectivity index (χ1v) is 8.35. The Bertz CT molecular complexity index is 907. The largest absolute Gasteiger partial charge is 0.493 e. The summed E-state index contributed by atoms with van der Waals surface area (Å²) in [5.41, 5.74) is 1.24. The molecule has 3 rings (SSSR count).